The predicted octanol–water partition coefficient (Wildman–Crippen LogP) is 0.912. The van der Waals surface area contributed by atoms with Crippen LogP contribution in [0.3, 0.4) is 0 Å². The molecule has 83 valence electrons. The minimum atomic E-state index is -1.18. The van der Waals surface area contributed by atoms with Crippen molar-refractivity contribution in [2.75, 3.05) is 39.5 Å². The summed E-state index contributed by atoms with van der Waals surface area (Å²) in [4.78, 5) is 11.8. The maximum atomic E-state index is 10.6. The normalized spacial score (nSPS) is 10.1. The quantitative estimate of drug-likeness (QED) is 0.552. The Bertz CT molecular complexity index is 142. The lowest BCUT2D eigenvalue weighted by Crippen LogP contribution is -2.34. The zero-order valence-electron chi connectivity index (χ0n) is 8.82. The maximum absolute atomic E-state index is 10.6. The van der Waals surface area contributed by atoms with E-state index in [9.17, 15) is 9.90 Å². The van der Waals surface area contributed by atoms with Crippen molar-refractivity contribution in [3.05, 3.63) is 0 Å². The minimum absolute atomic E-state index is 0.337. The largest absolute Gasteiger partial charge is 0.453 e. The van der Waals surface area contributed by atoms with E-state index >= 15 is 0 Å². The van der Waals surface area contributed by atoms with Gasteiger partial charge in [-0.2, -0.15) is 0 Å². The van der Waals surface area contributed by atoms with Gasteiger partial charge in [0.05, 0.1) is 13.2 Å². The lowest BCUT2D eigenvalue weighted by Gasteiger charge is -2.17. The highest BCUT2D eigenvalue weighted by atomic mass is 16.5. The standard InChI is InChI=1S/C9H18NO4/c1-3-13-7-5-10(9(11)12)6-8-14-4-2/h3-8H2,1-2H3. The van der Waals surface area contributed by atoms with Crippen LogP contribution in [0, 0.1) is 0 Å². The molecule has 0 N–H and O–H groups in total. The predicted molar refractivity (Wildman–Crippen MR) is 50.6 cm³/mol. The molecule has 0 atom stereocenters. The Kier molecular flexibility index (Phi) is 8.27. The van der Waals surface area contributed by atoms with Gasteiger partial charge in [-0.25, -0.2) is 9.90 Å². The first-order valence-corrected chi connectivity index (χ1v) is 4.83. The van der Waals surface area contributed by atoms with Gasteiger partial charge in [-0.1, -0.05) is 0 Å². The fraction of sp³-hybridized carbons (Fsp3) is 0.889. The maximum Gasteiger partial charge on any atom is 0.453 e. The average molecular weight is 204 g/mol. The van der Waals surface area contributed by atoms with E-state index in [4.69, 9.17) is 9.47 Å². The molecule has 0 fully saturated rings. The van der Waals surface area contributed by atoms with E-state index in [-0.39, 0.29) is 0 Å². The monoisotopic (exact) mass is 204 g/mol. The van der Waals surface area contributed by atoms with Gasteiger partial charge in [0.2, 0.25) is 0 Å². The molecule has 0 aromatic heterocycles. The average Bonchev–Trinajstić information content (AvgIpc) is 2.15. The Morgan fingerprint density at radius 3 is 1.79 bits per heavy atom. The molecule has 5 nitrogen and oxygen atoms in total. The number of carbonyl (C=O) groups excluding carboxylic acids is 1. The molecule has 0 aliphatic heterocycles. The van der Waals surface area contributed by atoms with Gasteiger partial charge < -0.3 is 14.4 Å². The summed E-state index contributed by atoms with van der Waals surface area (Å²) >= 11 is 0. The number of carbonyl (C=O) groups is 1. The SMILES string of the molecule is CCOCCN(CCOCC)C([O])=O. The summed E-state index contributed by atoms with van der Waals surface area (Å²) in [6, 6.07) is 0. The van der Waals surface area contributed by atoms with Gasteiger partial charge in [-0.3, -0.25) is 0 Å². The number of ether oxygens (including phenoxy) is 2. The molecule has 0 aromatic rings. The zero-order valence-corrected chi connectivity index (χ0v) is 8.82. The lowest BCUT2D eigenvalue weighted by molar-refractivity contribution is 0.0664. The van der Waals surface area contributed by atoms with Crippen LogP contribution in [-0.4, -0.2) is 50.5 Å². The molecule has 0 aliphatic rings. The van der Waals surface area contributed by atoms with Crippen molar-refractivity contribution in [2.24, 2.45) is 0 Å². The second-order valence-electron chi connectivity index (χ2n) is 2.65. The van der Waals surface area contributed by atoms with Crippen LogP contribution in [0.5, 0.6) is 0 Å². The third-order valence-electron chi connectivity index (χ3n) is 1.68. The highest BCUT2D eigenvalue weighted by Crippen LogP contribution is 1.91. The molecule has 0 saturated heterocycles. The molecule has 0 aromatic carbocycles. The Morgan fingerprint density at radius 1 is 1.07 bits per heavy atom. The van der Waals surface area contributed by atoms with Crippen molar-refractivity contribution in [3.8, 4) is 0 Å². The second kappa shape index (κ2) is 8.77. The van der Waals surface area contributed by atoms with Crippen LogP contribution in [0.25, 0.3) is 0 Å². The fourth-order valence-corrected chi connectivity index (χ4v) is 0.933. The van der Waals surface area contributed by atoms with Crippen LogP contribution in [0.1, 0.15) is 13.8 Å². The number of hydrogen-bond donors (Lipinski definition) is 0. The second-order valence-corrected chi connectivity index (χ2v) is 2.65. The number of amides is 1. The molecular formula is C9H18NO4. The zero-order chi connectivity index (χ0) is 10.8. The van der Waals surface area contributed by atoms with E-state index < -0.39 is 6.09 Å². The highest BCUT2D eigenvalue weighted by molar-refractivity contribution is 5.64. The molecule has 0 spiro atoms. The van der Waals surface area contributed by atoms with Crippen molar-refractivity contribution in [3.63, 3.8) is 0 Å². The van der Waals surface area contributed by atoms with Gasteiger partial charge in [0.25, 0.3) is 0 Å². The van der Waals surface area contributed by atoms with E-state index in [2.05, 4.69) is 0 Å². The third-order valence-corrected chi connectivity index (χ3v) is 1.68. The molecule has 0 saturated carbocycles. The molecular weight excluding hydrogens is 186 g/mol. The van der Waals surface area contributed by atoms with Gasteiger partial charge in [0.1, 0.15) is 0 Å². The first-order valence-electron chi connectivity index (χ1n) is 4.83. The van der Waals surface area contributed by atoms with Crippen molar-refractivity contribution >= 4 is 6.09 Å². The van der Waals surface area contributed by atoms with Crippen molar-refractivity contribution in [1.82, 2.24) is 4.90 Å². The topological polar surface area (TPSA) is 58.7 Å². The summed E-state index contributed by atoms with van der Waals surface area (Å²) < 4.78 is 10.1. The summed E-state index contributed by atoms with van der Waals surface area (Å²) in [6.07, 6.45) is -1.18. The van der Waals surface area contributed by atoms with Gasteiger partial charge >= 0.3 is 6.09 Å². The molecule has 1 radical (unpaired) electrons. The van der Waals surface area contributed by atoms with E-state index in [0.717, 1.165) is 0 Å². The van der Waals surface area contributed by atoms with Crippen LogP contribution in [-0.2, 0) is 14.6 Å². The minimum Gasteiger partial charge on any atom is -0.380 e. The van der Waals surface area contributed by atoms with Gasteiger partial charge in [-0.15, -0.1) is 0 Å². The summed E-state index contributed by atoms with van der Waals surface area (Å²) in [7, 11) is 0. The van der Waals surface area contributed by atoms with E-state index in [1.807, 2.05) is 13.8 Å². The first kappa shape index (κ1) is 13.2. The Hall–Kier alpha value is -0.810. The smallest absolute Gasteiger partial charge is 0.380 e. The van der Waals surface area contributed by atoms with Gasteiger partial charge in [-0.05, 0) is 13.8 Å². The molecule has 14 heavy (non-hydrogen) atoms. The molecule has 1 amide bonds. The number of nitrogens with zero attached hydrogens (tertiary/aromatic N) is 1. The van der Waals surface area contributed by atoms with Gasteiger partial charge in [0.15, 0.2) is 0 Å². The van der Waals surface area contributed by atoms with E-state index in [0.29, 0.717) is 39.5 Å². The van der Waals surface area contributed by atoms with Gasteiger partial charge in [0, 0.05) is 26.3 Å². The van der Waals surface area contributed by atoms with Crippen LogP contribution in [0.4, 0.5) is 4.79 Å². The molecule has 0 heterocycles. The Labute approximate surface area is 84.6 Å². The summed E-state index contributed by atoms with van der Waals surface area (Å²) in [5, 5.41) is 10.6. The first-order chi connectivity index (χ1) is 6.72. The summed E-state index contributed by atoms with van der Waals surface area (Å²) in [5.41, 5.74) is 0. The lowest BCUT2D eigenvalue weighted by atomic mass is 10.5. The molecule has 0 bridgehead atoms. The summed E-state index contributed by atoms with van der Waals surface area (Å²) in [6.45, 7) is 6.38. The van der Waals surface area contributed by atoms with Crippen molar-refractivity contribution < 1.29 is 19.4 Å². The third kappa shape index (κ3) is 6.68. The van der Waals surface area contributed by atoms with E-state index in [1.165, 1.54) is 4.90 Å². The van der Waals surface area contributed by atoms with Crippen molar-refractivity contribution in [1.29, 1.82) is 0 Å². The van der Waals surface area contributed by atoms with Crippen molar-refractivity contribution in [2.45, 2.75) is 13.8 Å². The van der Waals surface area contributed by atoms with Crippen LogP contribution >= 0.6 is 0 Å². The van der Waals surface area contributed by atoms with Crippen LogP contribution < -0.4 is 0 Å². The summed E-state index contributed by atoms with van der Waals surface area (Å²) in [5.74, 6) is 0. The van der Waals surface area contributed by atoms with E-state index in [1.54, 1.807) is 0 Å². The number of rotatable bonds is 8. The number of hydrogen-bond acceptors (Lipinski definition) is 3. The molecule has 0 unspecified atom stereocenters. The fourth-order valence-electron chi connectivity index (χ4n) is 0.933. The molecule has 0 aliphatic carbocycles. The molecule has 5 heteroatoms. The molecule has 0 rings (SSSR count). The Morgan fingerprint density at radius 2 is 1.50 bits per heavy atom. The Balaban J connectivity index is 3.61. The highest BCUT2D eigenvalue weighted by Gasteiger charge is 2.12. The van der Waals surface area contributed by atoms with Crippen LogP contribution in [0.15, 0.2) is 0 Å². The van der Waals surface area contributed by atoms with Crippen LogP contribution in [0.2, 0.25) is 0 Å².